The molecule has 3 aromatic rings. The zero-order valence-corrected chi connectivity index (χ0v) is 23.5. The molecule has 0 unspecified atom stereocenters. The van der Waals surface area contributed by atoms with E-state index in [2.05, 4.69) is 18.8 Å². The lowest BCUT2D eigenvalue weighted by molar-refractivity contribution is 0.0561. The van der Waals surface area contributed by atoms with Crippen molar-refractivity contribution in [1.82, 2.24) is 14.8 Å². The van der Waals surface area contributed by atoms with Crippen LogP contribution in [0.5, 0.6) is 5.75 Å². The largest absolute Gasteiger partial charge is 0.491 e. The minimum atomic E-state index is -0.139. The maximum atomic E-state index is 14.0. The summed E-state index contributed by atoms with van der Waals surface area (Å²) in [6.45, 7) is 6.99. The molecule has 4 rings (SSSR count). The third-order valence-electron chi connectivity index (χ3n) is 7.26. The van der Waals surface area contributed by atoms with Gasteiger partial charge in [-0.2, -0.15) is 0 Å². The molecule has 2 aromatic carbocycles. The van der Waals surface area contributed by atoms with Crippen molar-refractivity contribution in [1.29, 1.82) is 0 Å². The molecule has 0 spiro atoms. The van der Waals surface area contributed by atoms with Gasteiger partial charge in [0.25, 0.3) is 11.8 Å². The number of amides is 2. The number of methoxy groups -OCH3 is 1. The number of aromatic nitrogens is 1. The van der Waals surface area contributed by atoms with Crippen LogP contribution in [0.15, 0.2) is 60.8 Å². The molecule has 0 aliphatic carbocycles. The minimum absolute atomic E-state index is 0.0234. The molecule has 208 valence electrons. The fourth-order valence-electron chi connectivity index (χ4n) is 5.21. The van der Waals surface area contributed by atoms with E-state index in [4.69, 9.17) is 9.47 Å². The molecular weight excluding hydrogens is 490 g/mol. The molecule has 2 heterocycles. The number of para-hydroxylation sites is 2. The van der Waals surface area contributed by atoms with E-state index in [1.165, 1.54) is 0 Å². The number of pyridine rings is 1. The Morgan fingerprint density at radius 1 is 1.05 bits per heavy atom. The molecule has 7 nitrogen and oxygen atoms in total. The van der Waals surface area contributed by atoms with Gasteiger partial charge in [-0.15, -0.1) is 0 Å². The Hall–Kier alpha value is -3.45. The fraction of sp³-hybridized carbons (Fsp3) is 0.469. The Morgan fingerprint density at radius 3 is 2.59 bits per heavy atom. The van der Waals surface area contributed by atoms with Gasteiger partial charge in [-0.1, -0.05) is 57.0 Å². The molecule has 39 heavy (non-hydrogen) atoms. The quantitative estimate of drug-likeness (QED) is 0.400. The Morgan fingerprint density at radius 2 is 1.79 bits per heavy atom. The van der Waals surface area contributed by atoms with Gasteiger partial charge in [0.05, 0.1) is 29.3 Å². The van der Waals surface area contributed by atoms with Gasteiger partial charge >= 0.3 is 0 Å². The first-order valence-electron chi connectivity index (χ1n) is 14.1. The average molecular weight is 532 g/mol. The topological polar surface area (TPSA) is 72.0 Å². The zero-order valence-electron chi connectivity index (χ0n) is 23.5. The van der Waals surface area contributed by atoms with Crippen LogP contribution in [-0.4, -0.2) is 72.6 Å². The van der Waals surface area contributed by atoms with E-state index in [1.54, 1.807) is 13.3 Å². The van der Waals surface area contributed by atoms with Gasteiger partial charge in [0.15, 0.2) is 0 Å². The van der Waals surface area contributed by atoms with Crippen LogP contribution in [-0.2, 0) is 4.74 Å². The molecule has 0 fully saturated rings. The SMILES string of the molecule is COCCN1CCCCCCN(C(=O)c2cnc3ccccc3c2)[C@@H](CC(C)C)COc2ccccc2C1=O. The molecule has 1 aliphatic rings. The van der Waals surface area contributed by atoms with Gasteiger partial charge in [-0.3, -0.25) is 14.6 Å². The van der Waals surface area contributed by atoms with Gasteiger partial charge < -0.3 is 19.3 Å². The Bertz CT molecular complexity index is 1240. The van der Waals surface area contributed by atoms with Crippen LogP contribution in [0.3, 0.4) is 0 Å². The van der Waals surface area contributed by atoms with Crippen molar-refractivity contribution in [2.45, 2.75) is 52.0 Å². The molecule has 0 saturated heterocycles. The van der Waals surface area contributed by atoms with Crippen LogP contribution >= 0.6 is 0 Å². The number of ether oxygens (including phenoxy) is 2. The summed E-state index contributed by atoms with van der Waals surface area (Å²) < 4.78 is 11.6. The standard InChI is InChI=1S/C32H41N3O4/c1-24(2)20-27-23-39-30-15-9-7-13-28(30)32(37)34(18-19-38-3)16-10-4-5-11-17-35(27)31(36)26-21-25-12-6-8-14-29(25)33-22-26/h6-9,12-15,21-22,24,27H,4-5,10-11,16-20,23H2,1-3H3/t27-/m0/s1. The van der Waals surface area contributed by atoms with Gasteiger partial charge in [-0.25, -0.2) is 0 Å². The zero-order chi connectivity index (χ0) is 27.6. The smallest absolute Gasteiger partial charge is 0.257 e. The average Bonchev–Trinajstić information content (AvgIpc) is 2.95. The molecule has 0 saturated carbocycles. The number of rotatable bonds is 6. The lowest BCUT2D eigenvalue weighted by atomic mass is 10.0. The number of hydrogen-bond donors (Lipinski definition) is 0. The number of hydrogen-bond acceptors (Lipinski definition) is 5. The molecule has 0 bridgehead atoms. The van der Waals surface area contributed by atoms with Crippen molar-refractivity contribution in [3.63, 3.8) is 0 Å². The summed E-state index contributed by atoms with van der Waals surface area (Å²) in [5.74, 6) is 0.847. The van der Waals surface area contributed by atoms with Crippen LogP contribution in [0.4, 0.5) is 0 Å². The van der Waals surface area contributed by atoms with Crippen molar-refractivity contribution >= 4 is 22.7 Å². The highest BCUT2D eigenvalue weighted by Gasteiger charge is 2.28. The Kier molecular flexibility index (Phi) is 10.3. The molecule has 1 aromatic heterocycles. The summed E-state index contributed by atoms with van der Waals surface area (Å²) in [4.78, 5) is 35.9. The molecule has 7 heteroatoms. The molecule has 0 radical (unpaired) electrons. The van der Waals surface area contributed by atoms with Gasteiger partial charge in [0.2, 0.25) is 0 Å². The van der Waals surface area contributed by atoms with E-state index in [1.807, 2.05) is 64.4 Å². The van der Waals surface area contributed by atoms with Crippen LogP contribution in [0.2, 0.25) is 0 Å². The number of carbonyl (C=O) groups is 2. The summed E-state index contributed by atoms with van der Waals surface area (Å²) in [5.41, 5.74) is 2.01. The van der Waals surface area contributed by atoms with E-state index < -0.39 is 0 Å². The van der Waals surface area contributed by atoms with Crippen molar-refractivity contribution in [3.05, 3.63) is 71.9 Å². The predicted octanol–water partition coefficient (Wildman–Crippen LogP) is 5.83. The summed E-state index contributed by atoms with van der Waals surface area (Å²) in [5, 5.41) is 0.951. The first-order valence-corrected chi connectivity index (χ1v) is 14.1. The van der Waals surface area contributed by atoms with E-state index in [-0.39, 0.29) is 17.9 Å². The third kappa shape index (κ3) is 7.57. The highest BCUT2D eigenvalue weighted by atomic mass is 16.5. The van der Waals surface area contributed by atoms with Gasteiger partial charge in [0.1, 0.15) is 12.4 Å². The van der Waals surface area contributed by atoms with E-state index in [0.717, 1.165) is 43.0 Å². The lowest BCUT2D eigenvalue weighted by Gasteiger charge is -2.34. The van der Waals surface area contributed by atoms with Gasteiger partial charge in [0, 0.05) is 38.3 Å². The molecular formula is C32H41N3O4. The van der Waals surface area contributed by atoms with Crippen LogP contribution in [0.1, 0.15) is 66.7 Å². The molecule has 1 aliphatic heterocycles. The first-order chi connectivity index (χ1) is 19.0. The van der Waals surface area contributed by atoms with E-state index in [9.17, 15) is 9.59 Å². The second kappa shape index (κ2) is 14.1. The fourth-order valence-corrected chi connectivity index (χ4v) is 5.21. The number of nitrogens with zero attached hydrogens (tertiary/aromatic N) is 3. The summed E-state index contributed by atoms with van der Waals surface area (Å²) >= 11 is 0. The maximum Gasteiger partial charge on any atom is 0.257 e. The highest BCUT2D eigenvalue weighted by molar-refractivity contribution is 5.98. The van der Waals surface area contributed by atoms with E-state index >= 15 is 0 Å². The predicted molar refractivity (Wildman–Crippen MR) is 154 cm³/mol. The van der Waals surface area contributed by atoms with E-state index in [0.29, 0.717) is 55.6 Å². The normalized spacial score (nSPS) is 17.5. The van der Waals surface area contributed by atoms with Gasteiger partial charge in [-0.05, 0) is 49.4 Å². The molecule has 0 N–H and O–H groups in total. The first kappa shape index (κ1) is 28.6. The highest BCUT2D eigenvalue weighted by Crippen LogP contribution is 2.24. The maximum absolute atomic E-state index is 14.0. The van der Waals surface area contributed by atoms with Crippen molar-refractivity contribution < 1.29 is 19.1 Å². The number of fused-ring (bicyclic) bond motifs is 2. The monoisotopic (exact) mass is 531 g/mol. The van der Waals surface area contributed by atoms with Crippen molar-refractivity contribution in [2.24, 2.45) is 5.92 Å². The summed E-state index contributed by atoms with van der Waals surface area (Å²) in [6, 6.07) is 17.1. The van der Waals surface area contributed by atoms with Crippen LogP contribution in [0, 0.1) is 5.92 Å². The second-order valence-corrected chi connectivity index (χ2v) is 10.7. The van der Waals surface area contributed by atoms with Crippen molar-refractivity contribution in [3.8, 4) is 5.75 Å². The lowest BCUT2D eigenvalue weighted by Crippen LogP contribution is -2.45. The minimum Gasteiger partial charge on any atom is -0.491 e. The second-order valence-electron chi connectivity index (χ2n) is 10.7. The summed E-state index contributed by atoms with van der Waals surface area (Å²) in [6.07, 6.45) is 6.25. The summed E-state index contributed by atoms with van der Waals surface area (Å²) in [7, 11) is 1.65. The molecule has 2 amide bonds. The van der Waals surface area contributed by atoms with Crippen molar-refractivity contribution in [2.75, 3.05) is 40.0 Å². The van der Waals surface area contributed by atoms with Crippen LogP contribution in [0.25, 0.3) is 10.9 Å². The molecule has 1 atom stereocenters. The van der Waals surface area contributed by atoms with Crippen LogP contribution < -0.4 is 4.74 Å². The third-order valence-corrected chi connectivity index (χ3v) is 7.26. The Labute approximate surface area is 232 Å². The number of benzene rings is 2. The number of carbonyl (C=O) groups excluding carboxylic acids is 2. The Balaban J connectivity index is 1.64.